The molecule has 3 nitrogen and oxygen atoms in total. The van der Waals surface area contributed by atoms with Gasteiger partial charge in [-0.25, -0.2) is 4.79 Å². The average Bonchev–Trinajstić information content (AvgIpc) is 2.46. The molecule has 0 spiro atoms. The molecule has 84 valence electrons. The Bertz CT molecular complexity index is 338. The minimum Gasteiger partial charge on any atom is -0.458 e. The summed E-state index contributed by atoms with van der Waals surface area (Å²) in [6, 6.07) is 1.68. The fraction of sp³-hybridized carbons (Fsp3) is 0.545. The van der Waals surface area contributed by atoms with Crippen molar-refractivity contribution < 1.29 is 9.53 Å². The lowest BCUT2D eigenvalue weighted by molar-refractivity contribution is 0.0244. The second-order valence-electron chi connectivity index (χ2n) is 3.98. The number of ether oxygens (including phenoxy) is 1. The highest BCUT2D eigenvalue weighted by Crippen LogP contribution is 2.24. The fourth-order valence-electron chi connectivity index (χ4n) is 0.960. The van der Waals surface area contributed by atoms with Gasteiger partial charge in [-0.2, -0.15) is 0 Å². The predicted molar refractivity (Wildman–Crippen MR) is 63.2 cm³/mol. The molecule has 1 rings (SSSR count). The van der Waals surface area contributed by atoms with Crippen molar-refractivity contribution in [3.63, 3.8) is 0 Å². The van der Waals surface area contributed by atoms with Crippen LogP contribution in [0.5, 0.6) is 0 Å². The van der Waals surface area contributed by atoms with Crippen LogP contribution in [0.25, 0.3) is 0 Å². The highest BCUT2D eigenvalue weighted by molar-refractivity contribution is 7.14. The van der Waals surface area contributed by atoms with E-state index in [0.29, 0.717) is 16.5 Å². The van der Waals surface area contributed by atoms with Crippen LogP contribution in [-0.4, -0.2) is 12.1 Å². The number of nitrogen functional groups attached to an aromatic ring is 1. The molecule has 0 aliphatic rings. The summed E-state index contributed by atoms with van der Waals surface area (Å²) < 4.78 is 5.28. The first-order chi connectivity index (χ1) is 6.91. The molecule has 0 fully saturated rings. The van der Waals surface area contributed by atoms with Gasteiger partial charge in [-0.15, -0.1) is 11.3 Å². The van der Waals surface area contributed by atoms with E-state index in [1.807, 2.05) is 27.7 Å². The molecule has 1 aromatic heterocycles. The van der Waals surface area contributed by atoms with Gasteiger partial charge in [-0.1, -0.05) is 13.8 Å². The molecule has 0 saturated heterocycles. The maximum atomic E-state index is 11.7. The zero-order chi connectivity index (χ0) is 11.6. The highest BCUT2D eigenvalue weighted by Gasteiger charge is 2.17. The van der Waals surface area contributed by atoms with E-state index in [-0.39, 0.29) is 12.1 Å². The fourth-order valence-corrected chi connectivity index (χ4v) is 1.78. The van der Waals surface area contributed by atoms with Gasteiger partial charge in [0.25, 0.3) is 0 Å². The van der Waals surface area contributed by atoms with Crippen LogP contribution < -0.4 is 5.73 Å². The largest absolute Gasteiger partial charge is 0.458 e. The molecule has 0 aliphatic carbocycles. The summed E-state index contributed by atoms with van der Waals surface area (Å²) in [6.45, 7) is 7.83. The molecular formula is C11H17NO2S. The average molecular weight is 227 g/mol. The maximum Gasteiger partial charge on any atom is 0.348 e. The van der Waals surface area contributed by atoms with Crippen molar-refractivity contribution in [2.24, 2.45) is 5.92 Å². The first-order valence-corrected chi connectivity index (χ1v) is 5.80. The summed E-state index contributed by atoms with van der Waals surface area (Å²) >= 11 is 1.38. The lowest BCUT2D eigenvalue weighted by Crippen LogP contribution is -2.19. The SMILES string of the molecule is Cc1sc(C(=O)OC(C)C(C)C)cc1N. The number of rotatable bonds is 3. The second kappa shape index (κ2) is 4.66. The number of carbonyl (C=O) groups is 1. The van der Waals surface area contributed by atoms with E-state index in [0.717, 1.165) is 4.88 Å². The van der Waals surface area contributed by atoms with Crippen LogP contribution in [0.15, 0.2) is 6.07 Å². The number of carbonyl (C=O) groups excluding carboxylic acids is 1. The number of hydrogen-bond acceptors (Lipinski definition) is 4. The van der Waals surface area contributed by atoms with Crippen LogP contribution in [0.2, 0.25) is 0 Å². The van der Waals surface area contributed by atoms with Gasteiger partial charge in [-0.3, -0.25) is 0 Å². The van der Waals surface area contributed by atoms with E-state index < -0.39 is 0 Å². The summed E-state index contributed by atoms with van der Waals surface area (Å²) in [4.78, 5) is 13.2. The molecule has 2 N–H and O–H groups in total. The Kier molecular flexibility index (Phi) is 3.74. The van der Waals surface area contributed by atoms with E-state index in [2.05, 4.69) is 0 Å². The summed E-state index contributed by atoms with van der Waals surface area (Å²) in [5.74, 6) is 0.0494. The van der Waals surface area contributed by atoms with Gasteiger partial charge >= 0.3 is 5.97 Å². The lowest BCUT2D eigenvalue weighted by atomic mass is 10.1. The summed E-state index contributed by atoms with van der Waals surface area (Å²) in [5.41, 5.74) is 6.33. The summed E-state index contributed by atoms with van der Waals surface area (Å²) in [7, 11) is 0. The monoisotopic (exact) mass is 227 g/mol. The van der Waals surface area contributed by atoms with E-state index in [4.69, 9.17) is 10.5 Å². The van der Waals surface area contributed by atoms with Crippen molar-refractivity contribution in [3.8, 4) is 0 Å². The predicted octanol–water partition coefficient (Wildman–Crippen LogP) is 2.84. The van der Waals surface area contributed by atoms with Gasteiger partial charge in [0, 0.05) is 10.6 Å². The molecule has 0 amide bonds. The quantitative estimate of drug-likeness (QED) is 0.808. The normalized spacial score (nSPS) is 12.9. The molecule has 0 bridgehead atoms. The maximum absolute atomic E-state index is 11.7. The van der Waals surface area contributed by atoms with Gasteiger partial charge in [0.2, 0.25) is 0 Å². The molecule has 0 aliphatic heterocycles. The van der Waals surface area contributed by atoms with Gasteiger partial charge < -0.3 is 10.5 Å². The van der Waals surface area contributed by atoms with Crippen LogP contribution in [0.3, 0.4) is 0 Å². The molecule has 1 unspecified atom stereocenters. The van der Waals surface area contributed by atoms with Gasteiger partial charge in [-0.05, 0) is 25.8 Å². The molecule has 1 heterocycles. The summed E-state index contributed by atoms with van der Waals surface area (Å²) in [5, 5.41) is 0. The number of anilines is 1. The zero-order valence-electron chi connectivity index (χ0n) is 9.53. The van der Waals surface area contributed by atoms with Crippen molar-refractivity contribution in [1.29, 1.82) is 0 Å². The van der Waals surface area contributed by atoms with Crippen molar-refractivity contribution in [1.82, 2.24) is 0 Å². The van der Waals surface area contributed by atoms with Gasteiger partial charge in [0.1, 0.15) is 11.0 Å². The molecule has 0 radical (unpaired) electrons. The number of aryl methyl sites for hydroxylation is 1. The lowest BCUT2D eigenvalue weighted by Gasteiger charge is -2.15. The molecule has 4 heteroatoms. The molecule has 0 saturated carbocycles. The second-order valence-corrected chi connectivity index (χ2v) is 5.23. The van der Waals surface area contributed by atoms with Crippen molar-refractivity contribution in [2.45, 2.75) is 33.8 Å². The van der Waals surface area contributed by atoms with Crippen LogP contribution in [0.1, 0.15) is 35.3 Å². The first-order valence-electron chi connectivity index (χ1n) is 4.98. The number of esters is 1. The van der Waals surface area contributed by atoms with Crippen molar-refractivity contribution >= 4 is 23.0 Å². The number of thiophene rings is 1. The number of nitrogens with two attached hydrogens (primary N) is 1. The van der Waals surface area contributed by atoms with Crippen LogP contribution in [0.4, 0.5) is 5.69 Å². The van der Waals surface area contributed by atoms with Crippen molar-refractivity contribution in [2.75, 3.05) is 5.73 Å². The molecular weight excluding hydrogens is 210 g/mol. The Labute approximate surface area is 94.2 Å². The number of hydrogen-bond donors (Lipinski definition) is 1. The van der Waals surface area contributed by atoms with Crippen LogP contribution in [-0.2, 0) is 4.74 Å². The standard InChI is InChI=1S/C11H17NO2S/c1-6(2)7(3)14-11(13)10-5-9(12)8(4)15-10/h5-7H,12H2,1-4H3. The minimum absolute atomic E-state index is 0.0684. The molecule has 1 aromatic rings. The van der Waals surface area contributed by atoms with E-state index in [9.17, 15) is 4.79 Å². The van der Waals surface area contributed by atoms with Crippen molar-refractivity contribution in [3.05, 3.63) is 15.8 Å². The Balaban J connectivity index is 2.69. The Hall–Kier alpha value is -1.03. The highest BCUT2D eigenvalue weighted by atomic mass is 32.1. The summed E-state index contributed by atoms with van der Waals surface area (Å²) in [6.07, 6.45) is -0.0684. The first kappa shape index (κ1) is 12.0. The zero-order valence-corrected chi connectivity index (χ0v) is 10.4. The van der Waals surface area contributed by atoms with E-state index in [1.54, 1.807) is 6.07 Å². The van der Waals surface area contributed by atoms with Gasteiger partial charge in [0.15, 0.2) is 0 Å². The molecule has 0 aromatic carbocycles. The molecule has 15 heavy (non-hydrogen) atoms. The smallest absolute Gasteiger partial charge is 0.348 e. The van der Waals surface area contributed by atoms with E-state index in [1.165, 1.54) is 11.3 Å². The van der Waals surface area contributed by atoms with Crippen LogP contribution >= 0.6 is 11.3 Å². The van der Waals surface area contributed by atoms with Gasteiger partial charge in [0.05, 0.1) is 0 Å². The Morgan fingerprint density at radius 2 is 2.07 bits per heavy atom. The van der Waals surface area contributed by atoms with Crippen LogP contribution in [0, 0.1) is 12.8 Å². The van der Waals surface area contributed by atoms with E-state index >= 15 is 0 Å². The third-order valence-electron chi connectivity index (χ3n) is 2.39. The Morgan fingerprint density at radius 3 is 2.47 bits per heavy atom. The topological polar surface area (TPSA) is 52.3 Å². The third-order valence-corrected chi connectivity index (χ3v) is 3.44. The minimum atomic E-state index is -0.277. The third kappa shape index (κ3) is 2.96. The Morgan fingerprint density at radius 1 is 1.47 bits per heavy atom. The molecule has 1 atom stereocenters.